The normalized spacial score (nSPS) is 16.9. The van der Waals surface area contributed by atoms with Crippen LogP contribution in [-0.4, -0.2) is 39.6 Å². The summed E-state index contributed by atoms with van der Waals surface area (Å²) in [7, 11) is 2.12. The molecule has 0 aliphatic carbocycles. The number of thiophene rings is 1. The molecule has 4 rings (SSSR count). The first-order valence-corrected chi connectivity index (χ1v) is 8.71. The van der Waals surface area contributed by atoms with Gasteiger partial charge in [0.05, 0.1) is 5.52 Å². The van der Waals surface area contributed by atoms with E-state index in [-0.39, 0.29) is 11.6 Å². The lowest BCUT2D eigenvalue weighted by molar-refractivity contribution is 0.219. The highest BCUT2D eigenvalue weighted by molar-refractivity contribution is 7.17. The first-order valence-electron chi connectivity index (χ1n) is 7.84. The van der Waals surface area contributed by atoms with Crippen LogP contribution in [0.25, 0.3) is 21.7 Å². The van der Waals surface area contributed by atoms with Gasteiger partial charge in [0.15, 0.2) is 5.82 Å². The molecule has 118 valence electrons. The zero-order chi connectivity index (χ0) is 15.8. The van der Waals surface area contributed by atoms with Crippen LogP contribution >= 0.6 is 11.3 Å². The number of likely N-dealkylation sites (tertiary alicyclic amines) is 1. The SMILES string of the molecule is CN1CCC(n2c(-c3ccccn3)nc3ccsc3c2=O)CC1. The summed E-state index contributed by atoms with van der Waals surface area (Å²) < 4.78 is 2.62. The average molecular weight is 326 g/mol. The monoisotopic (exact) mass is 326 g/mol. The van der Waals surface area contributed by atoms with Crippen molar-refractivity contribution < 1.29 is 0 Å². The van der Waals surface area contributed by atoms with Crippen molar-refractivity contribution in [3.63, 3.8) is 0 Å². The van der Waals surface area contributed by atoms with Crippen LogP contribution in [0, 0.1) is 0 Å². The number of hydrogen-bond acceptors (Lipinski definition) is 5. The van der Waals surface area contributed by atoms with Crippen LogP contribution in [0.2, 0.25) is 0 Å². The molecule has 1 aliphatic rings. The summed E-state index contributed by atoms with van der Waals surface area (Å²) in [4.78, 5) is 24.5. The molecule has 0 spiro atoms. The topological polar surface area (TPSA) is 51.0 Å². The van der Waals surface area contributed by atoms with Gasteiger partial charge in [0.1, 0.15) is 10.4 Å². The molecule has 23 heavy (non-hydrogen) atoms. The van der Waals surface area contributed by atoms with Crippen molar-refractivity contribution in [2.75, 3.05) is 20.1 Å². The number of hydrogen-bond donors (Lipinski definition) is 0. The lowest BCUT2D eigenvalue weighted by Crippen LogP contribution is -2.36. The lowest BCUT2D eigenvalue weighted by atomic mass is 10.0. The van der Waals surface area contributed by atoms with Gasteiger partial charge in [0.25, 0.3) is 5.56 Å². The number of pyridine rings is 1. The minimum absolute atomic E-state index is 0.0696. The van der Waals surface area contributed by atoms with Crippen LogP contribution in [0.15, 0.2) is 40.6 Å². The predicted octanol–water partition coefficient (Wildman–Crippen LogP) is 2.79. The summed E-state index contributed by atoms with van der Waals surface area (Å²) >= 11 is 1.47. The highest BCUT2D eigenvalue weighted by Gasteiger charge is 2.24. The zero-order valence-electron chi connectivity index (χ0n) is 13.0. The number of nitrogens with zero attached hydrogens (tertiary/aromatic N) is 4. The fourth-order valence-electron chi connectivity index (χ4n) is 3.19. The Morgan fingerprint density at radius 1 is 1.22 bits per heavy atom. The minimum atomic E-state index is 0.0696. The third kappa shape index (κ3) is 2.58. The maximum Gasteiger partial charge on any atom is 0.272 e. The van der Waals surface area contributed by atoms with Crippen LogP contribution in [0.5, 0.6) is 0 Å². The van der Waals surface area contributed by atoms with Crippen molar-refractivity contribution in [3.05, 3.63) is 46.2 Å². The molecule has 0 radical (unpaired) electrons. The predicted molar refractivity (Wildman–Crippen MR) is 92.9 cm³/mol. The molecule has 4 heterocycles. The van der Waals surface area contributed by atoms with Gasteiger partial charge in [0, 0.05) is 12.2 Å². The molecular weight excluding hydrogens is 308 g/mol. The van der Waals surface area contributed by atoms with Gasteiger partial charge < -0.3 is 4.90 Å². The molecule has 0 bridgehead atoms. The summed E-state index contributed by atoms with van der Waals surface area (Å²) in [5, 5.41) is 1.93. The third-order valence-corrected chi connectivity index (χ3v) is 5.35. The highest BCUT2D eigenvalue weighted by atomic mass is 32.1. The molecule has 3 aromatic heterocycles. The molecule has 0 aromatic carbocycles. The van der Waals surface area contributed by atoms with E-state index in [1.807, 2.05) is 34.2 Å². The van der Waals surface area contributed by atoms with Crippen LogP contribution < -0.4 is 5.56 Å². The fraction of sp³-hybridized carbons (Fsp3) is 0.353. The smallest absolute Gasteiger partial charge is 0.272 e. The number of aromatic nitrogens is 3. The Balaban J connectivity index is 1.93. The summed E-state index contributed by atoms with van der Waals surface area (Å²) in [6.07, 6.45) is 3.68. The fourth-order valence-corrected chi connectivity index (χ4v) is 3.96. The summed E-state index contributed by atoms with van der Waals surface area (Å²) in [5.74, 6) is 0.691. The van der Waals surface area contributed by atoms with Crippen molar-refractivity contribution in [3.8, 4) is 11.5 Å². The van der Waals surface area contributed by atoms with Gasteiger partial charge in [-0.1, -0.05) is 6.07 Å². The van der Waals surface area contributed by atoms with Gasteiger partial charge in [-0.15, -0.1) is 11.3 Å². The maximum absolute atomic E-state index is 13.1. The molecule has 1 aliphatic heterocycles. The van der Waals surface area contributed by atoms with Gasteiger partial charge >= 0.3 is 0 Å². The second-order valence-electron chi connectivity index (χ2n) is 5.99. The Bertz CT molecular complexity index is 878. The first kappa shape index (κ1) is 14.5. The van der Waals surface area contributed by atoms with Crippen molar-refractivity contribution in [1.29, 1.82) is 0 Å². The van der Waals surface area contributed by atoms with Gasteiger partial charge in [0.2, 0.25) is 0 Å². The number of piperidine rings is 1. The average Bonchev–Trinajstić information content (AvgIpc) is 3.06. The quantitative estimate of drug-likeness (QED) is 0.727. The molecule has 0 unspecified atom stereocenters. The Labute approximate surface area is 138 Å². The Hall–Kier alpha value is -2.05. The minimum Gasteiger partial charge on any atom is -0.306 e. The van der Waals surface area contributed by atoms with Crippen LogP contribution in [0.4, 0.5) is 0 Å². The largest absolute Gasteiger partial charge is 0.306 e. The van der Waals surface area contributed by atoms with E-state index in [1.165, 1.54) is 11.3 Å². The number of rotatable bonds is 2. The van der Waals surface area contributed by atoms with E-state index in [0.29, 0.717) is 5.82 Å². The van der Waals surface area contributed by atoms with Gasteiger partial charge in [-0.3, -0.25) is 14.3 Å². The van der Waals surface area contributed by atoms with Crippen molar-refractivity contribution in [2.45, 2.75) is 18.9 Å². The van der Waals surface area contributed by atoms with E-state index in [0.717, 1.165) is 41.8 Å². The van der Waals surface area contributed by atoms with Crippen molar-refractivity contribution in [2.24, 2.45) is 0 Å². The molecule has 6 heteroatoms. The highest BCUT2D eigenvalue weighted by Crippen LogP contribution is 2.27. The van der Waals surface area contributed by atoms with Crippen LogP contribution in [0.1, 0.15) is 18.9 Å². The van der Waals surface area contributed by atoms with Crippen LogP contribution in [-0.2, 0) is 0 Å². The van der Waals surface area contributed by atoms with E-state index in [4.69, 9.17) is 4.98 Å². The van der Waals surface area contributed by atoms with Crippen molar-refractivity contribution >= 4 is 21.6 Å². The molecule has 3 aromatic rings. The summed E-state index contributed by atoms with van der Waals surface area (Å²) in [6, 6.07) is 7.84. The van der Waals surface area contributed by atoms with E-state index in [2.05, 4.69) is 16.9 Å². The molecule has 1 fully saturated rings. The van der Waals surface area contributed by atoms with E-state index >= 15 is 0 Å². The third-order valence-electron chi connectivity index (χ3n) is 4.46. The lowest BCUT2D eigenvalue weighted by Gasteiger charge is -2.31. The molecule has 1 saturated heterocycles. The van der Waals surface area contributed by atoms with E-state index in [9.17, 15) is 4.79 Å². The van der Waals surface area contributed by atoms with Crippen LogP contribution in [0.3, 0.4) is 0 Å². The number of fused-ring (bicyclic) bond motifs is 1. The standard InChI is InChI=1S/C17H18N4OS/c1-20-9-5-12(6-10-20)21-16(14-4-2-3-8-18-14)19-13-7-11-23-15(13)17(21)22/h2-4,7-8,11-12H,5-6,9-10H2,1H3. The maximum atomic E-state index is 13.1. The van der Waals surface area contributed by atoms with E-state index < -0.39 is 0 Å². The van der Waals surface area contributed by atoms with E-state index in [1.54, 1.807) is 6.20 Å². The first-order chi connectivity index (χ1) is 11.2. The second-order valence-corrected chi connectivity index (χ2v) is 6.91. The molecule has 0 N–H and O–H groups in total. The van der Waals surface area contributed by atoms with Gasteiger partial charge in [-0.2, -0.15) is 0 Å². The van der Waals surface area contributed by atoms with Gasteiger partial charge in [-0.05, 0) is 56.6 Å². The molecule has 0 amide bonds. The Kier molecular flexibility index (Phi) is 3.71. The second kappa shape index (κ2) is 5.86. The molecule has 0 saturated carbocycles. The molecule has 5 nitrogen and oxygen atoms in total. The molecule has 0 atom stereocenters. The summed E-state index contributed by atoms with van der Waals surface area (Å²) in [6.45, 7) is 2.00. The summed E-state index contributed by atoms with van der Waals surface area (Å²) in [5.41, 5.74) is 1.60. The van der Waals surface area contributed by atoms with Crippen molar-refractivity contribution in [1.82, 2.24) is 19.4 Å². The Morgan fingerprint density at radius 3 is 2.78 bits per heavy atom. The molecular formula is C17H18N4OS. The zero-order valence-corrected chi connectivity index (χ0v) is 13.8. The Morgan fingerprint density at radius 2 is 2.04 bits per heavy atom. The van der Waals surface area contributed by atoms with Gasteiger partial charge in [-0.25, -0.2) is 4.98 Å².